The van der Waals surface area contributed by atoms with Gasteiger partial charge in [0.25, 0.3) is 0 Å². The highest BCUT2D eigenvalue weighted by molar-refractivity contribution is 5.21. The van der Waals surface area contributed by atoms with Crippen LogP contribution in [0.25, 0.3) is 0 Å². The van der Waals surface area contributed by atoms with Gasteiger partial charge in [-0.05, 0) is 31.0 Å². The van der Waals surface area contributed by atoms with Gasteiger partial charge in [0, 0.05) is 18.2 Å². The number of nitrogens with two attached hydrogens (primary N) is 1. The Morgan fingerprint density at radius 2 is 2.13 bits per heavy atom. The summed E-state index contributed by atoms with van der Waals surface area (Å²) in [5, 5.41) is 0. The molecule has 0 aromatic heterocycles. The molecule has 2 atom stereocenters. The molecule has 0 bridgehead atoms. The standard InChI is InChI=1S/C11H13F2NO/c12-7-1-2-10(13)9(5-7)11-6-8(14)3-4-15-11/h1-2,5,8,11H,3-4,6,14H2. The summed E-state index contributed by atoms with van der Waals surface area (Å²) in [4.78, 5) is 0. The van der Waals surface area contributed by atoms with Gasteiger partial charge < -0.3 is 10.5 Å². The number of ether oxygens (including phenoxy) is 1. The zero-order chi connectivity index (χ0) is 10.8. The van der Waals surface area contributed by atoms with E-state index >= 15 is 0 Å². The molecule has 1 heterocycles. The zero-order valence-corrected chi connectivity index (χ0v) is 8.25. The first-order chi connectivity index (χ1) is 7.16. The topological polar surface area (TPSA) is 35.2 Å². The van der Waals surface area contributed by atoms with E-state index < -0.39 is 17.7 Å². The molecule has 2 N–H and O–H groups in total. The van der Waals surface area contributed by atoms with Crippen LogP contribution in [0.2, 0.25) is 0 Å². The van der Waals surface area contributed by atoms with Crippen molar-refractivity contribution in [3.63, 3.8) is 0 Å². The number of benzene rings is 1. The van der Waals surface area contributed by atoms with Crippen LogP contribution in [0, 0.1) is 11.6 Å². The molecular formula is C11H13F2NO. The third-order valence-electron chi connectivity index (χ3n) is 2.63. The van der Waals surface area contributed by atoms with Gasteiger partial charge in [0.05, 0.1) is 6.10 Å². The van der Waals surface area contributed by atoms with E-state index in [1.165, 1.54) is 6.07 Å². The van der Waals surface area contributed by atoms with Gasteiger partial charge in [0.15, 0.2) is 0 Å². The summed E-state index contributed by atoms with van der Waals surface area (Å²) in [6, 6.07) is 3.40. The number of hydrogen-bond donors (Lipinski definition) is 1. The molecule has 15 heavy (non-hydrogen) atoms. The van der Waals surface area contributed by atoms with Gasteiger partial charge in [0.2, 0.25) is 0 Å². The quantitative estimate of drug-likeness (QED) is 0.775. The molecule has 1 aliphatic heterocycles. The molecular weight excluding hydrogens is 200 g/mol. The summed E-state index contributed by atoms with van der Waals surface area (Å²) >= 11 is 0. The highest BCUT2D eigenvalue weighted by Crippen LogP contribution is 2.29. The second-order valence-electron chi connectivity index (χ2n) is 3.81. The summed E-state index contributed by atoms with van der Waals surface area (Å²) < 4.78 is 31.7. The summed E-state index contributed by atoms with van der Waals surface area (Å²) in [7, 11) is 0. The van der Waals surface area contributed by atoms with Crippen LogP contribution >= 0.6 is 0 Å². The first-order valence-electron chi connectivity index (χ1n) is 4.99. The number of rotatable bonds is 1. The maximum atomic E-state index is 13.4. The first-order valence-corrected chi connectivity index (χ1v) is 4.99. The fourth-order valence-corrected chi connectivity index (χ4v) is 1.80. The molecule has 4 heteroatoms. The molecule has 0 saturated carbocycles. The van der Waals surface area contributed by atoms with E-state index in [1.807, 2.05) is 0 Å². The lowest BCUT2D eigenvalue weighted by molar-refractivity contribution is 0.00449. The molecule has 0 aliphatic carbocycles. The van der Waals surface area contributed by atoms with E-state index in [2.05, 4.69) is 0 Å². The summed E-state index contributed by atoms with van der Waals surface area (Å²) in [5.74, 6) is -0.885. The molecule has 1 saturated heterocycles. The Labute approximate surface area is 87.0 Å². The minimum atomic E-state index is -0.450. The molecule has 2 rings (SSSR count). The third kappa shape index (κ3) is 2.33. The van der Waals surface area contributed by atoms with Gasteiger partial charge in [-0.3, -0.25) is 0 Å². The van der Waals surface area contributed by atoms with Crippen LogP contribution < -0.4 is 5.73 Å². The van der Waals surface area contributed by atoms with Crippen LogP contribution in [0.15, 0.2) is 18.2 Å². The molecule has 1 fully saturated rings. The lowest BCUT2D eigenvalue weighted by Gasteiger charge is -2.27. The third-order valence-corrected chi connectivity index (χ3v) is 2.63. The van der Waals surface area contributed by atoms with Crippen molar-refractivity contribution in [2.45, 2.75) is 25.0 Å². The molecule has 1 aliphatic rings. The number of halogens is 2. The Balaban J connectivity index is 2.24. The normalized spacial score (nSPS) is 26.6. The van der Waals surface area contributed by atoms with Crippen molar-refractivity contribution in [3.05, 3.63) is 35.4 Å². The summed E-state index contributed by atoms with van der Waals surface area (Å²) in [5.41, 5.74) is 6.02. The first kappa shape index (κ1) is 10.5. The molecule has 0 radical (unpaired) electrons. The minimum absolute atomic E-state index is 0.00594. The lowest BCUT2D eigenvalue weighted by atomic mass is 9.98. The fraction of sp³-hybridized carbons (Fsp3) is 0.455. The minimum Gasteiger partial charge on any atom is -0.373 e. The Morgan fingerprint density at radius 3 is 2.87 bits per heavy atom. The van der Waals surface area contributed by atoms with Crippen molar-refractivity contribution in [1.29, 1.82) is 0 Å². The van der Waals surface area contributed by atoms with Gasteiger partial charge >= 0.3 is 0 Å². The van der Waals surface area contributed by atoms with Crippen molar-refractivity contribution < 1.29 is 13.5 Å². The SMILES string of the molecule is NC1CCOC(c2cc(F)ccc2F)C1. The zero-order valence-electron chi connectivity index (χ0n) is 8.25. The highest BCUT2D eigenvalue weighted by atomic mass is 19.1. The van der Waals surface area contributed by atoms with Gasteiger partial charge in [-0.25, -0.2) is 8.78 Å². The summed E-state index contributed by atoms with van der Waals surface area (Å²) in [6.45, 7) is 0.502. The maximum Gasteiger partial charge on any atom is 0.129 e. The Kier molecular flexibility index (Phi) is 2.98. The Bertz CT molecular complexity index is 356. The molecule has 2 unspecified atom stereocenters. The van der Waals surface area contributed by atoms with E-state index in [1.54, 1.807) is 0 Å². The Morgan fingerprint density at radius 1 is 1.33 bits per heavy atom. The average Bonchev–Trinajstić information content (AvgIpc) is 2.22. The predicted octanol–water partition coefficient (Wildman–Crippen LogP) is 2.14. The molecule has 82 valence electrons. The van der Waals surface area contributed by atoms with Gasteiger partial charge in [0.1, 0.15) is 11.6 Å². The van der Waals surface area contributed by atoms with Crippen molar-refractivity contribution in [2.24, 2.45) is 5.73 Å². The van der Waals surface area contributed by atoms with Crippen LogP contribution in [0.4, 0.5) is 8.78 Å². The maximum absolute atomic E-state index is 13.4. The van der Waals surface area contributed by atoms with Gasteiger partial charge in [-0.2, -0.15) is 0 Å². The predicted molar refractivity (Wildman–Crippen MR) is 52.3 cm³/mol. The van der Waals surface area contributed by atoms with Crippen molar-refractivity contribution in [2.75, 3.05) is 6.61 Å². The van der Waals surface area contributed by atoms with Crippen LogP contribution in [0.5, 0.6) is 0 Å². The second kappa shape index (κ2) is 4.24. The average molecular weight is 213 g/mol. The smallest absolute Gasteiger partial charge is 0.129 e. The van der Waals surface area contributed by atoms with Crippen molar-refractivity contribution >= 4 is 0 Å². The molecule has 0 amide bonds. The lowest BCUT2D eigenvalue weighted by Crippen LogP contribution is -2.31. The number of hydrogen-bond acceptors (Lipinski definition) is 2. The van der Waals surface area contributed by atoms with Crippen LogP contribution in [0.1, 0.15) is 24.5 Å². The Hall–Kier alpha value is -1.00. The molecule has 1 aromatic rings. The monoisotopic (exact) mass is 213 g/mol. The molecule has 1 aromatic carbocycles. The highest BCUT2D eigenvalue weighted by Gasteiger charge is 2.24. The largest absolute Gasteiger partial charge is 0.373 e. The van der Waals surface area contributed by atoms with E-state index in [0.29, 0.717) is 13.0 Å². The van der Waals surface area contributed by atoms with Gasteiger partial charge in [-0.15, -0.1) is 0 Å². The van der Waals surface area contributed by atoms with Crippen molar-refractivity contribution in [1.82, 2.24) is 0 Å². The second-order valence-corrected chi connectivity index (χ2v) is 3.81. The summed E-state index contributed by atoms with van der Waals surface area (Å²) in [6.07, 6.45) is 0.901. The van der Waals surface area contributed by atoms with Crippen LogP contribution in [-0.4, -0.2) is 12.6 Å². The van der Waals surface area contributed by atoms with E-state index in [4.69, 9.17) is 10.5 Å². The van der Waals surface area contributed by atoms with E-state index in [-0.39, 0.29) is 11.6 Å². The van der Waals surface area contributed by atoms with Crippen LogP contribution in [-0.2, 0) is 4.74 Å². The van der Waals surface area contributed by atoms with Gasteiger partial charge in [-0.1, -0.05) is 0 Å². The fourth-order valence-electron chi connectivity index (χ4n) is 1.80. The van der Waals surface area contributed by atoms with E-state index in [0.717, 1.165) is 18.6 Å². The van der Waals surface area contributed by atoms with Crippen LogP contribution in [0.3, 0.4) is 0 Å². The van der Waals surface area contributed by atoms with E-state index in [9.17, 15) is 8.78 Å². The van der Waals surface area contributed by atoms with Crippen molar-refractivity contribution in [3.8, 4) is 0 Å². The molecule has 0 spiro atoms. The molecule has 2 nitrogen and oxygen atoms in total.